The summed E-state index contributed by atoms with van der Waals surface area (Å²) in [7, 11) is 0. The second kappa shape index (κ2) is 9.09. The van der Waals surface area contributed by atoms with Gasteiger partial charge in [-0.15, -0.1) is 11.8 Å². The summed E-state index contributed by atoms with van der Waals surface area (Å²) in [6, 6.07) is 8.29. The average molecular weight is 375 g/mol. The van der Waals surface area contributed by atoms with Crippen LogP contribution in [-0.4, -0.2) is 29.3 Å². The van der Waals surface area contributed by atoms with Gasteiger partial charge in [-0.3, -0.25) is 9.59 Å². The van der Waals surface area contributed by atoms with Crippen molar-refractivity contribution in [1.29, 1.82) is 5.26 Å². The Morgan fingerprint density at radius 2 is 2.00 bits per heavy atom. The molecule has 0 unspecified atom stereocenters. The van der Waals surface area contributed by atoms with Crippen molar-refractivity contribution in [3.05, 3.63) is 29.3 Å². The van der Waals surface area contributed by atoms with E-state index in [9.17, 15) is 14.9 Å². The highest BCUT2D eigenvalue weighted by molar-refractivity contribution is 8.00. The topological polar surface area (TPSA) is 79.2 Å². The van der Waals surface area contributed by atoms with E-state index >= 15 is 0 Å². The minimum Gasteiger partial charge on any atom is -0.452 e. The van der Waals surface area contributed by atoms with E-state index in [1.54, 1.807) is 6.92 Å². The van der Waals surface area contributed by atoms with Gasteiger partial charge >= 0.3 is 5.97 Å². The van der Waals surface area contributed by atoms with Crippen LogP contribution >= 0.6 is 11.8 Å². The van der Waals surface area contributed by atoms with E-state index < -0.39 is 23.5 Å². The van der Waals surface area contributed by atoms with Crippen LogP contribution in [0.5, 0.6) is 0 Å². The Kier molecular flexibility index (Phi) is 7.10. The Bertz CT molecular complexity index is 705. The van der Waals surface area contributed by atoms with Gasteiger partial charge in [0.05, 0.1) is 11.8 Å². The fourth-order valence-electron chi connectivity index (χ4n) is 3.14. The van der Waals surface area contributed by atoms with Crippen LogP contribution in [0.25, 0.3) is 0 Å². The zero-order valence-electron chi connectivity index (χ0n) is 15.6. The number of esters is 1. The molecule has 1 fully saturated rings. The minimum absolute atomic E-state index is 0.144. The summed E-state index contributed by atoms with van der Waals surface area (Å²) in [5, 5.41) is 12.2. The lowest BCUT2D eigenvalue weighted by Gasteiger charge is -2.32. The maximum atomic E-state index is 12.3. The molecule has 1 aromatic rings. The summed E-state index contributed by atoms with van der Waals surface area (Å²) in [4.78, 5) is 25.4. The number of benzene rings is 1. The van der Waals surface area contributed by atoms with Crippen LogP contribution in [0, 0.1) is 25.2 Å². The van der Waals surface area contributed by atoms with E-state index in [0.29, 0.717) is 12.8 Å². The van der Waals surface area contributed by atoms with Crippen molar-refractivity contribution < 1.29 is 14.3 Å². The summed E-state index contributed by atoms with van der Waals surface area (Å²) in [5.74, 6) is -0.698. The van der Waals surface area contributed by atoms with Crippen LogP contribution in [0.4, 0.5) is 0 Å². The monoisotopic (exact) mass is 374 g/mol. The molecule has 0 heterocycles. The van der Waals surface area contributed by atoms with Gasteiger partial charge in [-0.2, -0.15) is 5.26 Å². The summed E-state index contributed by atoms with van der Waals surface area (Å²) in [5.41, 5.74) is 1.47. The zero-order chi connectivity index (χ0) is 19.2. The highest BCUT2D eigenvalue weighted by Crippen LogP contribution is 2.28. The van der Waals surface area contributed by atoms with Gasteiger partial charge in [0.1, 0.15) is 5.54 Å². The third-order valence-corrected chi connectivity index (χ3v) is 5.79. The normalized spacial score (nSPS) is 17.0. The molecule has 1 atom stereocenters. The Balaban J connectivity index is 1.84. The number of rotatable bonds is 6. The van der Waals surface area contributed by atoms with Gasteiger partial charge in [0.2, 0.25) is 0 Å². The molecule has 6 heteroatoms. The van der Waals surface area contributed by atoms with Gasteiger partial charge < -0.3 is 10.1 Å². The van der Waals surface area contributed by atoms with Gasteiger partial charge in [-0.05, 0) is 45.2 Å². The van der Waals surface area contributed by atoms with Crippen molar-refractivity contribution >= 4 is 23.6 Å². The predicted octanol–water partition coefficient (Wildman–Crippen LogP) is 3.67. The molecule has 1 aromatic carbocycles. The van der Waals surface area contributed by atoms with Crippen molar-refractivity contribution in [3.8, 4) is 6.07 Å². The van der Waals surface area contributed by atoms with E-state index in [-0.39, 0.29) is 5.75 Å². The molecule has 5 nitrogen and oxygen atoms in total. The molecule has 1 N–H and O–H groups in total. The molecule has 0 aliphatic heterocycles. The molecule has 2 rings (SSSR count). The number of nitrogens with zero attached hydrogens (tertiary/aromatic N) is 1. The number of thioether (sulfide) groups is 1. The lowest BCUT2D eigenvalue weighted by molar-refractivity contribution is -0.152. The Hall–Kier alpha value is -2.00. The summed E-state index contributed by atoms with van der Waals surface area (Å²) in [6.45, 7) is 5.57. The third-order valence-electron chi connectivity index (χ3n) is 4.64. The summed E-state index contributed by atoms with van der Waals surface area (Å²) in [6.07, 6.45) is 3.33. The number of aryl methyl sites for hydroxylation is 2. The molecular formula is C20H26N2O3S. The lowest BCUT2D eigenvalue weighted by atomic mass is 9.83. The highest BCUT2D eigenvalue weighted by atomic mass is 32.2. The summed E-state index contributed by atoms with van der Waals surface area (Å²) >= 11 is 1.40. The number of hydrogen-bond acceptors (Lipinski definition) is 5. The number of carbonyl (C=O) groups excluding carboxylic acids is 2. The third kappa shape index (κ3) is 5.50. The first kappa shape index (κ1) is 20.3. The van der Waals surface area contributed by atoms with Crippen molar-refractivity contribution in [3.63, 3.8) is 0 Å². The molecule has 1 aliphatic rings. The highest BCUT2D eigenvalue weighted by Gasteiger charge is 2.35. The number of nitriles is 1. The standard InChI is InChI=1S/C20H26N2O3S/c1-14-7-8-17(15(2)11-14)26-12-18(23)25-16(3)19(24)22-20(13-21)9-5-4-6-10-20/h7-8,11,16H,4-6,9-10,12H2,1-3H3,(H,22,24)/t16-/m1/s1. The van der Waals surface area contributed by atoms with Gasteiger partial charge in [-0.25, -0.2) is 0 Å². The lowest BCUT2D eigenvalue weighted by Crippen LogP contribution is -2.52. The minimum atomic E-state index is -0.908. The number of hydrogen-bond donors (Lipinski definition) is 1. The van der Waals surface area contributed by atoms with Gasteiger partial charge in [0.15, 0.2) is 6.10 Å². The predicted molar refractivity (Wildman–Crippen MR) is 102 cm³/mol. The molecule has 0 spiro atoms. The molecule has 140 valence electrons. The fourth-order valence-corrected chi connectivity index (χ4v) is 3.93. The largest absolute Gasteiger partial charge is 0.452 e. The van der Waals surface area contributed by atoms with Crippen molar-refractivity contribution in [2.75, 3.05) is 5.75 Å². The summed E-state index contributed by atoms with van der Waals surface area (Å²) < 4.78 is 5.25. The number of amides is 1. The van der Waals surface area contributed by atoms with E-state index in [4.69, 9.17) is 4.74 Å². The van der Waals surface area contributed by atoms with Crippen LogP contribution in [0.2, 0.25) is 0 Å². The molecule has 0 radical (unpaired) electrons. The van der Waals surface area contributed by atoms with Crippen LogP contribution in [0.3, 0.4) is 0 Å². The first-order chi connectivity index (χ1) is 12.3. The van der Waals surface area contributed by atoms with Crippen LogP contribution in [0.1, 0.15) is 50.2 Å². The SMILES string of the molecule is Cc1ccc(SCC(=O)O[C@H](C)C(=O)NC2(C#N)CCCCC2)c(C)c1. The van der Waals surface area contributed by atoms with Gasteiger partial charge in [0.25, 0.3) is 5.91 Å². The number of ether oxygens (including phenoxy) is 1. The van der Waals surface area contributed by atoms with Crippen molar-refractivity contribution in [1.82, 2.24) is 5.32 Å². The van der Waals surface area contributed by atoms with Crippen molar-refractivity contribution in [2.45, 2.75) is 69.4 Å². The average Bonchev–Trinajstić information content (AvgIpc) is 2.61. The molecule has 1 aliphatic carbocycles. The molecule has 1 amide bonds. The fraction of sp³-hybridized carbons (Fsp3) is 0.550. The zero-order valence-corrected chi connectivity index (χ0v) is 16.4. The van der Waals surface area contributed by atoms with E-state index in [2.05, 4.69) is 17.5 Å². The van der Waals surface area contributed by atoms with E-state index in [0.717, 1.165) is 29.7 Å². The first-order valence-electron chi connectivity index (χ1n) is 8.98. The molecule has 1 saturated carbocycles. The Labute approximate surface area is 159 Å². The quantitative estimate of drug-likeness (QED) is 0.607. The molecule has 0 aromatic heterocycles. The van der Waals surface area contributed by atoms with Crippen LogP contribution < -0.4 is 5.32 Å². The second-order valence-electron chi connectivity index (χ2n) is 6.93. The molecule has 0 bridgehead atoms. The van der Waals surface area contributed by atoms with E-state index in [1.165, 1.54) is 17.3 Å². The van der Waals surface area contributed by atoms with Gasteiger partial charge in [0, 0.05) is 4.90 Å². The molecule has 26 heavy (non-hydrogen) atoms. The van der Waals surface area contributed by atoms with E-state index in [1.807, 2.05) is 26.0 Å². The second-order valence-corrected chi connectivity index (χ2v) is 7.95. The van der Waals surface area contributed by atoms with Crippen LogP contribution in [-0.2, 0) is 14.3 Å². The van der Waals surface area contributed by atoms with Gasteiger partial charge in [-0.1, -0.05) is 37.0 Å². The smallest absolute Gasteiger partial charge is 0.317 e. The molecule has 0 saturated heterocycles. The first-order valence-corrected chi connectivity index (χ1v) is 9.96. The number of nitrogens with one attached hydrogen (secondary N) is 1. The number of carbonyl (C=O) groups is 2. The maximum Gasteiger partial charge on any atom is 0.317 e. The Morgan fingerprint density at radius 1 is 1.31 bits per heavy atom. The van der Waals surface area contributed by atoms with Crippen LogP contribution in [0.15, 0.2) is 23.1 Å². The van der Waals surface area contributed by atoms with Crippen molar-refractivity contribution in [2.24, 2.45) is 0 Å². The maximum absolute atomic E-state index is 12.3. The Morgan fingerprint density at radius 3 is 2.62 bits per heavy atom. The molecular weight excluding hydrogens is 348 g/mol.